The lowest BCUT2D eigenvalue weighted by molar-refractivity contribution is -0.122. The van der Waals surface area contributed by atoms with E-state index in [-0.39, 0.29) is 11.4 Å². The molecule has 1 amide bonds. The molecule has 0 saturated carbocycles. The standard InChI is InChI=1S/C10H22N2O2/c1-8(2)11-6-9(13)12-10(3,4)7-14-5/h8,11H,6-7H2,1-5H3,(H,12,13). The zero-order valence-corrected chi connectivity index (χ0v) is 9.81. The summed E-state index contributed by atoms with van der Waals surface area (Å²) < 4.78 is 5.00. The monoisotopic (exact) mass is 202 g/mol. The third-order valence-corrected chi connectivity index (χ3v) is 1.65. The Bertz CT molecular complexity index is 179. The third kappa shape index (κ3) is 6.86. The van der Waals surface area contributed by atoms with Crippen molar-refractivity contribution in [2.24, 2.45) is 0 Å². The third-order valence-electron chi connectivity index (χ3n) is 1.65. The number of nitrogens with one attached hydrogen (secondary N) is 2. The Balaban J connectivity index is 3.81. The molecule has 14 heavy (non-hydrogen) atoms. The molecule has 0 aliphatic heterocycles. The Morgan fingerprint density at radius 2 is 2.00 bits per heavy atom. The van der Waals surface area contributed by atoms with Crippen molar-refractivity contribution in [3.63, 3.8) is 0 Å². The predicted octanol–water partition coefficient (Wildman–Crippen LogP) is 0.526. The molecule has 0 aromatic carbocycles. The molecule has 0 spiro atoms. The van der Waals surface area contributed by atoms with Crippen LogP contribution in [-0.2, 0) is 9.53 Å². The van der Waals surface area contributed by atoms with Crippen LogP contribution in [0.15, 0.2) is 0 Å². The molecule has 0 unspecified atom stereocenters. The van der Waals surface area contributed by atoms with Crippen LogP contribution >= 0.6 is 0 Å². The van der Waals surface area contributed by atoms with Crippen LogP contribution < -0.4 is 10.6 Å². The van der Waals surface area contributed by atoms with Crippen LogP contribution in [0.2, 0.25) is 0 Å². The molecule has 2 N–H and O–H groups in total. The summed E-state index contributed by atoms with van der Waals surface area (Å²) in [6, 6.07) is 0.325. The molecule has 84 valence electrons. The molecular formula is C10H22N2O2. The van der Waals surface area contributed by atoms with Crippen molar-refractivity contribution < 1.29 is 9.53 Å². The fourth-order valence-corrected chi connectivity index (χ4v) is 1.12. The summed E-state index contributed by atoms with van der Waals surface area (Å²) in [6.07, 6.45) is 0. The summed E-state index contributed by atoms with van der Waals surface area (Å²) in [5.41, 5.74) is -0.301. The second-order valence-electron chi connectivity index (χ2n) is 4.40. The number of methoxy groups -OCH3 is 1. The quantitative estimate of drug-likeness (QED) is 0.660. The Morgan fingerprint density at radius 3 is 2.43 bits per heavy atom. The lowest BCUT2D eigenvalue weighted by Crippen LogP contribution is -2.50. The normalized spacial score (nSPS) is 11.9. The van der Waals surface area contributed by atoms with Gasteiger partial charge in [-0.3, -0.25) is 4.79 Å². The van der Waals surface area contributed by atoms with Gasteiger partial charge in [-0.15, -0.1) is 0 Å². The fraction of sp³-hybridized carbons (Fsp3) is 0.900. The number of hydrogen-bond acceptors (Lipinski definition) is 3. The number of rotatable bonds is 6. The lowest BCUT2D eigenvalue weighted by atomic mass is 10.1. The van der Waals surface area contributed by atoms with Crippen molar-refractivity contribution in [2.75, 3.05) is 20.3 Å². The average molecular weight is 202 g/mol. The Kier molecular flexibility index (Phi) is 5.72. The van der Waals surface area contributed by atoms with Crippen molar-refractivity contribution in [1.29, 1.82) is 0 Å². The summed E-state index contributed by atoms with van der Waals surface area (Å²) in [5.74, 6) is 0.000694. The van der Waals surface area contributed by atoms with Gasteiger partial charge in [0.1, 0.15) is 0 Å². The first-order valence-corrected chi connectivity index (χ1v) is 4.91. The van der Waals surface area contributed by atoms with Crippen LogP contribution in [0.3, 0.4) is 0 Å². The summed E-state index contributed by atoms with van der Waals surface area (Å²) in [7, 11) is 1.63. The molecule has 0 radical (unpaired) electrons. The second-order valence-corrected chi connectivity index (χ2v) is 4.40. The number of carbonyl (C=O) groups excluding carboxylic acids is 1. The molecule has 4 heteroatoms. The van der Waals surface area contributed by atoms with E-state index in [0.717, 1.165) is 0 Å². The Morgan fingerprint density at radius 1 is 1.43 bits per heavy atom. The van der Waals surface area contributed by atoms with E-state index in [9.17, 15) is 4.79 Å². The average Bonchev–Trinajstić information content (AvgIpc) is 1.99. The minimum Gasteiger partial charge on any atom is -0.382 e. The van der Waals surface area contributed by atoms with Crippen LogP contribution in [0.4, 0.5) is 0 Å². The van der Waals surface area contributed by atoms with Gasteiger partial charge >= 0.3 is 0 Å². The molecule has 0 aromatic heterocycles. The highest BCUT2D eigenvalue weighted by Crippen LogP contribution is 2.01. The highest BCUT2D eigenvalue weighted by Gasteiger charge is 2.19. The zero-order chi connectivity index (χ0) is 11.2. The largest absolute Gasteiger partial charge is 0.382 e. The summed E-state index contributed by atoms with van der Waals surface area (Å²) in [5, 5.41) is 5.94. The fourth-order valence-electron chi connectivity index (χ4n) is 1.12. The molecule has 0 saturated heterocycles. The van der Waals surface area contributed by atoms with Crippen LogP contribution in [-0.4, -0.2) is 37.7 Å². The van der Waals surface area contributed by atoms with Gasteiger partial charge in [0, 0.05) is 13.2 Å². The van der Waals surface area contributed by atoms with E-state index in [1.165, 1.54) is 0 Å². The van der Waals surface area contributed by atoms with Crippen LogP contribution in [0.25, 0.3) is 0 Å². The van der Waals surface area contributed by atoms with Gasteiger partial charge < -0.3 is 15.4 Å². The van der Waals surface area contributed by atoms with Gasteiger partial charge in [-0.05, 0) is 13.8 Å². The first-order chi connectivity index (χ1) is 6.37. The molecule has 0 heterocycles. The van der Waals surface area contributed by atoms with Crippen LogP contribution in [0.1, 0.15) is 27.7 Å². The Hall–Kier alpha value is -0.610. The van der Waals surface area contributed by atoms with Gasteiger partial charge in [0.05, 0.1) is 18.7 Å². The van der Waals surface area contributed by atoms with Crippen molar-refractivity contribution in [2.45, 2.75) is 39.3 Å². The van der Waals surface area contributed by atoms with E-state index in [0.29, 0.717) is 19.2 Å². The molecular weight excluding hydrogens is 180 g/mol. The van der Waals surface area contributed by atoms with Crippen LogP contribution in [0.5, 0.6) is 0 Å². The molecule has 0 aliphatic rings. The molecule has 0 aliphatic carbocycles. The Labute approximate surface area is 86.4 Å². The maximum absolute atomic E-state index is 11.4. The van der Waals surface area contributed by atoms with Gasteiger partial charge in [0.25, 0.3) is 0 Å². The molecule has 0 aromatic rings. The maximum atomic E-state index is 11.4. The minimum atomic E-state index is -0.301. The van der Waals surface area contributed by atoms with Crippen molar-refractivity contribution >= 4 is 5.91 Å². The van der Waals surface area contributed by atoms with E-state index < -0.39 is 0 Å². The van der Waals surface area contributed by atoms with Crippen molar-refractivity contribution in [3.05, 3.63) is 0 Å². The van der Waals surface area contributed by atoms with Gasteiger partial charge in [0.15, 0.2) is 0 Å². The SMILES string of the molecule is COCC(C)(C)NC(=O)CNC(C)C. The first-order valence-electron chi connectivity index (χ1n) is 4.91. The predicted molar refractivity (Wildman–Crippen MR) is 57.2 cm³/mol. The number of carbonyl (C=O) groups is 1. The number of ether oxygens (including phenoxy) is 1. The van der Waals surface area contributed by atoms with E-state index in [2.05, 4.69) is 10.6 Å². The molecule has 0 atom stereocenters. The number of amides is 1. The second kappa shape index (κ2) is 5.98. The van der Waals surface area contributed by atoms with Crippen molar-refractivity contribution in [3.8, 4) is 0 Å². The molecule has 4 nitrogen and oxygen atoms in total. The highest BCUT2D eigenvalue weighted by atomic mass is 16.5. The lowest BCUT2D eigenvalue weighted by Gasteiger charge is -2.25. The molecule has 0 bridgehead atoms. The summed E-state index contributed by atoms with van der Waals surface area (Å²) in [6.45, 7) is 8.75. The van der Waals surface area contributed by atoms with E-state index in [1.807, 2.05) is 27.7 Å². The zero-order valence-electron chi connectivity index (χ0n) is 9.81. The summed E-state index contributed by atoms with van der Waals surface area (Å²) in [4.78, 5) is 11.4. The van der Waals surface area contributed by atoms with Crippen LogP contribution in [0, 0.1) is 0 Å². The van der Waals surface area contributed by atoms with Gasteiger partial charge in [-0.1, -0.05) is 13.8 Å². The smallest absolute Gasteiger partial charge is 0.234 e. The molecule has 0 fully saturated rings. The maximum Gasteiger partial charge on any atom is 0.234 e. The van der Waals surface area contributed by atoms with Gasteiger partial charge in [-0.2, -0.15) is 0 Å². The molecule has 0 rings (SSSR count). The van der Waals surface area contributed by atoms with Gasteiger partial charge in [0.2, 0.25) is 5.91 Å². The first kappa shape index (κ1) is 13.4. The van der Waals surface area contributed by atoms with E-state index >= 15 is 0 Å². The van der Waals surface area contributed by atoms with E-state index in [4.69, 9.17) is 4.74 Å². The number of hydrogen-bond donors (Lipinski definition) is 2. The minimum absolute atomic E-state index is 0.000694. The highest BCUT2D eigenvalue weighted by molar-refractivity contribution is 5.78. The topological polar surface area (TPSA) is 50.4 Å². The van der Waals surface area contributed by atoms with Crippen molar-refractivity contribution in [1.82, 2.24) is 10.6 Å². The van der Waals surface area contributed by atoms with Gasteiger partial charge in [-0.25, -0.2) is 0 Å². The van der Waals surface area contributed by atoms with E-state index in [1.54, 1.807) is 7.11 Å². The summed E-state index contributed by atoms with van der Waals surface area (Å²) >= 11 is 0.